The molecule has 1 heterocycles. The number of nitrogens with one attached hydrogen (secondary N) is 1. The highest BCUT2D eigenvalue weighted by Crippen LogP contribution is 2.11. The molecule has 0 bridgehead atoms. The third-order valence-corrected chi connectivity index (χ3v) is 3.52. The van der Waals surface area contributed by atoms with Crippen LogP contribution in [0.3, 0.4) is 0 Å². The second-order valence-electron chi connectivity index (χ2n) is 5.13. The summed E-state index contributed by atoms with van der Waals surface area (Å²) in [6.45, 7) is 3.26. The first-order chi connectivity index (χ1) is 9.58. The largest absolute Gasteiger partial charge is 0.508 e. The maximum Gasteiger partial charge on any atom is 0.251 e. The van der Waals surface area contributed by atoms with Crippen LogP contribution in [0.1, 0.15) is 36.5 Å². The second kappa shape index (κ2) is 6.41. The maximum absolute atomic E-state index is 12.2. The van der Waals surface area contributed by atoms with Gasteiger partial charge in [0.25, 0.3) is 5.91 Å². The molecule has 2 rings (SSSR count). The van der Waals surface area contributed by atoms with Gasteiger partial charge in [-0.1, -0.05) is 0 Å². The van der Waals surface area contributed by atoms with E-state index in [0.29, 0.717) is 5.56 Å². The molecule has 2 N–H and O–H groups in total. The number of nitrogens with zero attached hydrogens (tertiary/aromatic N) is 1. The lowest BCUT2D eigenvalue weighted by Crippen LogP contribution is -2.48. The van der Waals surface area contributed by atoms with Crippen LogP contribution >= 0.6 is 0 Å². The summed E-state index contributed by atoms with van der Waals surface area (Å²) >= 11 is 0. The molecule has 108 valence electrons. The van der Waals surface area contributed by atoms with Gasteiger partial charge < -0.3 is 15.3 Å². The van der Waals surface area contributed by atoms with Crippen LogP contribution in [0.5, 0.6) is 5.75 Å². The highest BCUT2D eigenvalue weighted by atomic mass is 16.3. The van der Waals surface area contributed by atoms with Gasteiger partial charge in [-0.05, 0) is 50.5 Å². The Balaban J connectivity index is 1.92. The number of aromatic hydroxyl groups is 1. The SMILES string of the molecule is CC(NC(=O)c1ccc(O)cc1)C(=O)N1CCCCC1. The Labute approximate surface area is 118 Å². The van der Waals surface area contributed by atoms with E-state index in [-0.39, 0.29) is 17.6 Å². The van der Waals surface area contributed by atoms with Crippen molar-refractivity contribution in [3.63, 3.8) is 0 Å². The summed E-state index contributed by atoms with van der Waals surface area (Å²) in [5.41, 5.74) is 0.432. The van der Waals surface area contributed by atoms with Gasteiger partial charge in [0.05, 0.1) is 0 Å². The Morgan fingerprint density at radius 2 is 1.75 bits per heavy atom. The number of hydrogen-bond donors (Lipinski definition) is 2. The monoisotopic (exact) mass is 276 g/mol. The third kappa shape index (κ3) is 3.50. The van der Waals surface area contributed by atoms with Gasteiger partial charge in [-0.25, -0.2) is 0 Å². The minimum atomic E-state index is -0.533. The minimum absolute atomic E-state index is 0.0307. The lowest BCUT2D eigenvalue weighted by Gasteiger charge is -2.29. The molecule has 5 nitrogen and oxygen atoms in total. The predicted molar refractivity (Wildman–Crippen MR) is 75.5 cm³/mol. The van der Waals surface area contributed by atoms with E-state index in [9.17, 15) is 14.7 Å². The summed E-state index contributed by atoms with van der Waals surface area (Å²) in [5.74, 6) is -0.223. The summed E-state index contributed by atoms with van der Waals surface area (Å²) in [5, 5.41) is 11.9. The van der Waals surface area contributed by atoms with Crippen LogP contribution in [-0.4, -0.2) is 41.0 Å². The van der Waals surface area contributed by atoms with Crippen LogP contribution in [0.4, 0.5) is 0 Å². The van der Waals surface area contributed by atoms with Gasteiger partial charge in [-0.2, -0.15) is 0 Å². The Hall–Kier alpha value is -2.04. The number of phenolic OH excluding ortho intramolecular Hbond substituents is 1. The average molecular weight is 276 g/mol. The molecule has 1 unspecified atom stereocenters. The van der Waals surface area contributed by atoms with Crippen LogP contribution in [0.15, 0.2) is 24.3 Å². The zero-order chi connectivity index (χ0) is 14.5. The van der Waals surface area contributed by atoms with Gasteiger partial charge >= 0.3 is 0 Å². The predicted octanol–water partition coefficient (Wildman–Crippen LogP) is 1.52. The first kappa shape index (κ1) is 14.4. The van der Waals surface area contributed by atoms with Crippen molar-refractivity contribution in [1.82, 2.24) is 10.2 Å². The third-order valence-electron chi connectivity index (χ3n) is 3.52. The van der Waals surface area contributed by atoms with E-state index >= 15 is 0 Å². The number of carbonyl (C=O) groups excluding carboxylic acids is 2. The van der Waals surface area contributed by atoms with Crippen LogP contribution in [0.2, 0.25) is 0 Å². The first-order valence-corrected chi connectivity index (χ1v) is 6.96. The molecular weight excluding hydrogens is 256 g/mol. The van der Waals surface area contributed by atoms with Crippen molar-refractivity contribution >= 4 is 11.8 Å². The second-order valence-corrected chi connectivity index (χ2v) is 5.13. The van der Waals surface area contributed by atoms with E-state index in [1.54, 1.807) is 6.92 Å². The molecule has 0 aliphatic carbocycles. The lowest BCUT2D eigenvalue weighted by molar-refractivity contribution is -0.133. The van der Waals surface area contributed by atoms with E-state index in [4.69, 9.17) is 0 Å². The molecule has 1 aliphatic rings. The van der Waals surface area contributed by atoms with Gasteiger partial charge in [0, 0.05) is 18.7 Å². The Bertz CT molecular complexity index is 478. The van der Waals surface area contributed by atoms with Crippen molar-refractivity contribution in [2.45, 2.75) is 32.2 Å². The molecule has 1 fully saturated rings. The van der Waals surface area contributed by atoms with Crippen molar-refractivity contribution in [2.24, 2.45) is 0 Å². The molecule has 1 aliphatic heterocycles. The van der Waals surface area contributed by atoms with Crippen LogP contribution in [-0.2, 0) is 4.79 Å². The molecule has 1 aromatic carbocycles. The van der Waals surface area contributed by atoms with E-state index in [1.165, 1.54) is 24.3 Å². The van der Waals surface area contributed by atoms with Crippen molar-refractivity contribution in [2.75, 3.05) is 13.1 Å². The smallest absolute Gasteiger partial charge is 0.251 e. The number of piperidine rings is 1. The maximum atomic E-state index is 12.2. The van der Waals surface area contributed by atoms with E-state index in [1.807, 2.05) is 4.90 Å². The van der Waals surface area contributed by atoms with E-state index < -0.39 is 6.04 Å². The Morgan fingerprint density at radius 1 is 1.15 bits per heavy atom. The fourth-order valence-electron chi connectivity index (χ4n) is 2.34. The first-order valence-electron chi connectivity index (χ1n) is 6.96. The fourth-order valence-corrected chi connectivity index (χ4v) is 2.34. The molecule has 0 radical (unpaired) electrons. The molecule has 1 atom stereocenters. The van der Waals surface area contributed by atoms with Crippen molar-refractivity contribution in [3.05, 3.63) is 29.8 Å². The molecule has 2 amide bonds. The van der Waals surface area contributed by atoms with Gasteiger partial charge in [0.2, 0.25) is 5.91 Å². The highest BCUT2D eigenvalue weighted by Gasteiger charge is 2.23. The zero-order valence-corrected chi connectivity index (χ0v) is 11.6. The van der Waals surface area contributed by atoms with Crippen molar-refractivity contribution in [3.8, 4) is 5.75 Å². The van der Waals surface area contributed by atoms with E-state index in [0.717, 1.165) is 32.4 Å². The highest BCUT2D eigenvalue weighted by molar-refractivity contribution is 5.97. The fraction of sp³-hybridized carbons (Fsp3) is 0.467. The number of carbonyl (C=O) groups is 2. The standard InChI is InChI=1S/C15H20N2O3/c1-11(15(20)17-9-3-2-4-10-17)16-14(19)12-5-7-13(18)8-6-12/h5-8,11,18H,2-4,9-10H2,1H3,(H,16,19). The van der Waals surface area contributed by atoms with Gasteiger partial charge in [-0.15, -0.1) is 0 Å². The number of hydrogen-bond acceptors (Lipinski definition) is 3. The number of phenols is 1. The minimum Gasteiger partial charge on any atom is -0.508 e. The summed E-state index contributed by atoms with van der Waals surface area (Å²) < 4.78 is 0. The quantitative estimate of drug-likeness (QED) is 0.879. The molecule has 0 spiro atoms. The van der Waals surface area contributed by atoms with Crippen LogP contribution in [0.25, 0.3) is 0 Å². The van der Waals surface area contributed by atoms with Crippen LogP contribution in [0, 0.1) is 0 Å². The molecule has 1 saturated heterocycles. The number of rotatable bonds is 3. The Kier molecular flexibility index (Phi) is 4.61. The average Bonchev–Trinajstić information content (AvgIpc) is 2.48. The lowest BCUT2D eigenvalue weighted by atomic mass is 10.1. The summed E-state index contributed by atoms with van der Waals surface area (Å²) in [7, 11) is 0. The van der Waals surface area contributed by atoms with Gasteiger partial charge in [0.15, 0.2) is 0 Å². The zero-order valence-electron chi connectivity index (χ0n) is 11.6. The summed E-state index contributed by atoms with van der Waals surface area (Å²) in [6.07, 6.45) is 3.23. The topological polar surface area (TPSA) is 69.6 Å². The van der Waals surface area contributed by atoms with Crippen molar-refractivity contribution < 1.29 is 14.7 Å². The van der Waals surface area contributed by atoms with Crippen molar-refractivity contribution in [1.29, 1.82) is 0 Å². The number of benzene rings is 1. The molecule has 5 heteroatoms. The Morgan fingerprint density at radius 3 is 2.35 bits per heavy atom. The molecule has 20 heavy (non-hydrogen) atoms. The number of likely N-dealkylation sites (tertiary alicyclic amines) is 1. The van der Waals surface area contributed by atoms with Gasteiger partial charge in [-0.3, -0.25) is 9.59 Å². The number of amides is 2. The summed E-state index contributed by atoms with van der Waals surface area (Å²) in [6, 6.07) is 5.43. The molecule has 0 aromatic heterocycles. The summed E-state index contributed by atoms with van der Waals surface area (Å²) in [4.78, 5) is 26.0. The van der Waals surface area contributed by atoms with E-state index in [2.05, 4.69) is 5.32 Å². The van der Waals surface area contributed by atoms with Gasteiger partial charge in [0.1, 0.15) is 11.8 Å². The normalized spacial score (nSPS) is 16.6. The van der Waals surface area contributed by atoms with Crippen LogP contribution < -0.4 is 5.32 Å². The molecule has 1 aromatic rings. The molecule has 0 saturated carbocycles. The molecular formula is C15H20N2O3.